The largest absolute Gasteiger partial charge is 0.416 e. The molecule has 0 radical (unpaired) electrons. The Balaban J connectivity index is 1.83. The number of alkyl halides is 6. The highest BCUT2D eigenvalue weighted by Gasteiger charge is 2.37. The molecule has 2 aromatic carbocycles. The van der Waals surface area contributed by atoms with E-state index in [0.29, 0.717) is 25.3 Å². The van der Waals surface area contributed by atoms with E-state index in [2.05, 4.69) is 0 Å². The molecular weight excluding hydrogens is 400 g/mol. The van der Waals surface area contributed by atoms with Gasteiger partial charge in [0.05, 0.1) is 43.0 Å². The fourth-order valence-electron chi connectivity index (χ4n) is 3.11. The third-order valence-corrected chi connectivity index (χ3v) is 4.55. The number of benzene rings is 2. The van der Waals surface area contributed by atoms with Gasteiger partial charge in [-0.15, -0.1) is 0 Å². The molecule has 3 rings (SSSR count). The van der Waals surface area contributed by atoms with Crippen LogP contribution < -0.4 is 0 Å². The predicted molar refractivity (Wildman–Crippen MR) is 92.5 cm³/mol. The summed E-state index contributed by atoms with van der Waals surface area (Å²) in [4.78, 5) is 5.66. The molecule has 0 bridgehead atoms. The van der Waals surface area contributed by atoms with Gasteiger partial charge in [-0.1, -0.05) is 30.3 Å². The number of hydrogen-bond acceptors (Lipinski definition) is 3. The standard InChI is InChI=1S/C20H19F6NO2/c1-13-10-27(18(12-28-13)15-5-3-2-4-6-15)29-11-14-7-16(19(21,22)23)9-17(8-14)20(24,25)26/h2-9,13,18H,10-12H2,1H3/t13-,18-/m0/s1. The Morgan fingerprint density at radius 3 is 2.10 bits per heavy atom. The molecule has 0 aliphatic carbocycles. The molecule has 0 amide bonds. The molecule has 0 saturated carbocycles. The number of rotatable bonds is 4. The van der Waals surface area contributed by atoms with Gasteiger partial charge in [0.15, 0.2) is 0 Å². The van der Waals surface area contributed by atoms with Crippen molar-refractivity contribution in [1.29, 1.82) is 0 Å². The van der Waals surface area contributed by atoms with E-state index in [9.17, 15) is 26.3 Å². The van der Waals surface area contributed by atoms with Gasteiger partial charge >= 0.3 is 12.4 Å². The summed E-state index contributed by atoms with van der Waals surface area (Å²) in [6, 6.07) is 10.3. The number of nitrogens with zero attached hydrogens (tertiary/aromatic N) is 1. The first-order valence-corrected chi connectivity index (χ1v) is 8.88. The molecule has 2 atom stereocenters. The molecule has 1 fully saturated rings. The third kappa shape index (κ3) is 5.49. The highest BCUT2D eigenvalue weighted by atomic mass is 19.4. The van der Waals surface area contributed by atoms with Crippen molar-refractivity contribution in [3.8, 4) is 0 Å². The molecule has 0 N–H and O–H groups in total. The minimum Gasteiger partial charge on any atom is -0.375 e. The maximum absolute atomic E-state index is 13.0. The van der Waals surface area contributed by atoms with E-state index in [1.807, 2.05) is 37.3 Å². The zero-order valence-electron chi connectivity index (χ0n) is 15.4. The van der Waals surface area contributed by atoms with Crippen LogP contribution in [0.5, 0.6) is 0 Å². The number of halogens is 6. The summed E-state index contributed by atoms with van der Waals surface area (Å²) in [7, 11) is 0. The molecular formula is C20H19F6NO2. The number of ether oxygens (including phenoxy) is 1. The molecule has 158 valence electrons. The molecule has 0 spiro atoms. The Kier molecular flexibility index (Phi) is 6.21. The maximum Gasteiger partial charge on any atom is 0.416 e. The molecule has 1 aliphatic heterocycles. The van der Waals surface area contributed by atoms with Crippen LogP contribution in [-0.2, 0) is 28.5 Å². The second-order valence-electron chi connectivity index (χ2n) is 6.86. The van der Waals surface area contributed by atoms with E-state index < -0.39 is 30.1 Å². The van der Waals surface area contributed by atoms with Crippen LogP contribution in [0.2, 0.25) is 0 Å². The van der Waals surface area contributed by atoms with E-state index in [4.69, 9.17) is 9.57 Å². The van der Waals surface area contributed by atoms with Crippen molar-refractivity contribution in [2.45, 2.75) is 38.0 Å². The lowest BCUT2D eigenvalue weighted by molar-refractivity contribution is -0.249. The molecule has 3 nitrogen and oxygen atoms in total. The van der Waals surface area contributed by atoms with Crippen LogP contribution in [-0.4, -0.2) is 24.3 Å². The van der Waals surface area contributed by atoms with Crippen molar-refractivity contribution in [2.75, 3.05) is 13.2 Å². The second-order valence-corrected chi connectivity index (χ2v) is 6.86. The summed E-state index contributed by atoms with van der Waals surface area (Å²) in [5.74, 6) is 0. The highest BCUT2D eigenvalue weighted by Crippen LogP contribution is 2.37. The topological polar surface area (TPSA) is 21.7 Å². The lowest BCUT2D eigenvalue weighted by atomic mass is 10.0. The van der Waals surface area contributed by atoms with Crippen LogP contribution in [0.1, 0.15) is 35.2 Å². The molecule has 9 heteroatoms. The Bertz CT molecular complexity index is 790. The van der Waals surface area contributed by atoms with Gasteiger partial charge in [0.25, 0.3) is 0 Å². The van der Waals surface area contributed by atoms with Crippen molar-refractivity contribution in [1.82, 2.24) is 5.06 Å². The van der Waals surface area contributed by atoms with Crippen LogP contribution in [0.3, 0.4) is 0 Å². The van der Waals surface area contributed by atoms with E-state index in [1.54, 1.807) is 5.06 Å². The van der Waals surface area contributed by atoms with Crippen molar-refractivity contribution in [3.63, 3.8) is 0 Å². The van der Waals surface area contributed by atoms with Crippen LogP contribution in [0.15, 0.2) is 48.5 Å². The van der Waals surface area contributed by atoms with Gasteiger partial charge < -0.3 is 4.74 Å². The first-order valence-electron chi connectivity index (χ1n) is 8.88. The summed E-state index contributed by atoms with van der Waals surface area (Å²) in [6.07, 6.45) is -9.98. The van der Waals surface area contributed by atoms with E-state index in [-0.39, 0.29) is 23.8 Å². The number of morpholine rings is 1. The van der Waals surface area contributed by atoms with Gasteiger partial charge in [0, 0.05) is 0 Å². The second kappa shape index (κ2) is 8.33. The smallest absolute Gasteiger partial charge is 0.375 e. The Hall–Kier alpha value is -2.10. The molecule has 0 aromatic heterocycles. The summed E-state index contributed by atoms with van der Waals surface area (Å²) in [6.45, 7) is 2.00. The molecule has 1 heterocycles. The molecule has 29 heavy (non-hydrogen) atoms. The highest BCUT2D eigenvalue weighted by molar-refractivity contribution is 5.33. The zero-order valence-corrected chi connectivity index (χ0v) is 15.4. The monoisotopic (exact) mass is 419 g/mol. The number of hydrogen-bond donors (Lipinski definition) is 0. The van der Waals surface area contributed by atoms with Crippen LogP contribution in [0, 0.1) is 0 Å². The van der Waals surface area contributed by atoms with Gasteiger partial charge in [0.2, 0.25) is 0 Å². The SMILES string of the molecule is C[C@H]1CN(OCc2cc(C(F)(F)F)cc(C(F)(F)F)c2)[C@H](c2ccccc2)CO1. The first kappa shape index (κ1) is 21.6. The summed E-state index contributed by atoms with van der Waals surface area (Å²) < 4.78 is 83.8. The Morgan fingerprint density at radius 1 is 0.966 bits per heavy atom. The minimum atomic E-state index is -4.89. The molecule has 2 aromatic rings. The van der Waals surface area contributed by atoms with Crippen molar-refractivity contribution >= 4 is 0 Å². The van der Waals surface area contributed by atoms with Gasteiger partial charge in [0.1, 0.15) is 0 Å². The maximum atomic E-state index is 13.0. The van der Waals surface area contributed by atoms with Crippen molar-refractivity contribution in [2.24, 2.45) is 0 Å². The van der Waals surface area contributed by atoms with Gasteiger partial charge in [-0.3, -0.25) is 4.84 Å². The van der Waals surface area contributed by atoms with Gasteiger partial charge in [-0.25, -0.2) is 0 Å². The van der Waals surface area contributed by atoms with E-state index in [0.717, 1.165) is 5.56 Å². The predicted octanol–water partition coefficient (Wildman–Crippen LogP) is 5.62. The minimum absolute atomic E-state index is 0.104. The fraction of sp³-hybridized carbons (Fsp3) is 0.400. The number of hydroxylamine groups is 2. The van der Waals surface area contributed by atoms with Crippen LogP contribution >= 0.6 is 0 Å². The molecule has 1 aliphatic rings. The fourth-order valence-corrected chi connectivity index (χ4v) is 3.11. The third-order valence-electron chi connectivity index (χ3n) is 4.55. The molecule has 0 unspecified atom stereocenters. The average Bonchev–Trinajstić information content (AvgIpc) is 2.65. The van der Waals surface area contributed by atoms with Gasteiger partial charge in [-0.05, 0) is 36.2 Å². The quantitative estimate of drug-likeness (QED) is 0.601. The lowest BCUT2D eigenvalue weighted by Gasteiger charge is -2.37. The zero-order chi connectivity index (χ0) is 21.2. The summed E-state index contributed by atoms with van der Waals surface area (Å²) >= 11 is 0. The van der Waals surface area contributed by atoms with Crippen LogP contribution in [0.4, 0.5) is 26.3 Å². The van der Waals surface area contributed by atoms with Crippen molar-refractivity contribution < 1.29 is 35.9 Å². The Labute approximate surface area is 163 Å². The van der Waals surface area contributed by atoms with Crippen molar-refractivity contribution in [3.05, 3.63) is 70.8 Å². The lowest BCUT2D eigenvalue weighted by Crippen LogP contribution is -2.43. The van der Waals surface area contributed by atoms with Gasteiger partial charge in [-0.2, -0.15) is 31.4 Å². The Morgan fingerprint density at radius 2 is 1.55 bits per heavy atom. The van der Waals surface area contributed by atoms with E-state index in [1.165, 1.54) is 0 Å². The summed E-state index contributed by atoms with van der Waals surface area (Å²) in [5.41, 5.74) is -2.06. The average molecular weight is 419 g/mol. The first-order chi connectivity index (χ1) is 13.5. The molecule has 1 saturated heterocycles. The van der Waals surface area contributed by atoms with Crippen LogP contribution in [0.25, 0.3) is 0 Å². The van der Waals surface area contributed by atoms with E-state index >= 15 is 0 Å². The summed E-state index contributed by atoms with van der Waals surface area (Å²) in [5, 5.41) is 1.55. The normalized spacial score (nSPS) is 21.3.